The maximum atomic E-state index is 12.9. The summed E-state index contributed by atoms with van der Waals surface area (Å²) in [5.41, 5.74) is 0.481. The van der Waals surface area contributed by atoms with Crippen molar-refractivity contribution in [2.24, 2.45) is 0 Å². The van der Waals surface area contributed by atoms with E-state index in [2.05, 4.69) is 9.97 Å². The highest BCUT2D eigenvalue weighted by Crippen LogP contribution is 2.28. The lowest BCUT2D eigenvalue weighted by Gasteiger charge is -2.34. The van der Waals surface area contributed by atoms with Crippen molar-refractivity contribution in [1.29, 1.82) is 0 Å². The van der Waals surface area contributed by atoms with Crippen LogP contribution in [-0.4, -0.2) is 64.2 Å². The number of hydrogen-bond acceptors (Lipinski definition) is 6. The first-order valence-electron chi connectivity index (χ1n) is 9.17. The molecule has 0 aliphatic carbocycles. The van der Waals surface area contributed by atoms with Gasteiger partial charge in [0.05, 0.1) is 10.5 Å². The topological polar surface area (TPSA) is 88.4 Å². The van der Waals surface area contributed by atoms with Crippen molar-refractivity contribution in [1.82, 2.24) is 23.7 Å². The van der Waals surface area contributed by atoms with Crippen LogP contribution in [0.4, 0.5) is 0 Å². The number of nitrogens with zero attached hydrogens (tertiary/aromatic N) is 5. The second-order valence-corrected chi connectivity index (χ2v) is 10.2. The molecule has 0 N–H and O–H groups in total. The zero-order valence-corrected chi connectivity index (χ0v) is 17.8. The van der Waals surface area contributed by atoms with E-state index in [1.165, 1.54) is 21.8 Å². The zero-order valence-electron chi connectivity index (χ0n) is 16.1. The van der Waals surface area contributed by atoms with Crippen molar-refractivity contribution >= 4 is 27.3 Å². The van der Waals surface area contributed by atoms with Crippen LogP contribution in [0.15, 0.2) is 48.0 Å². The summed E-state index contributed by atoms with van der Waals surface area (Å²) in [6.45, 7) is 4.99. The fourth-order valence-electron chi connectivity index (χ4n) is 3.38. The number of amides is 1. The van der Waals surface area contributed by atoms with E-state index >= 15 is 0 Å². The summed E-state index contributed by atoms with van der Waals surface area (Å²) in [4.78, 5) is 24.9. The lowest BCUT2D eigenvalue weighted by Crippen LogP contribution is -2.50. The van der Waals surface area contributed by atoms with E-state index in [1.54, 1.807) is 46.4 Å². The van der Waals surface area contributed by atoms with Crippen LogP contribution >= 0.6 is 11.3 Å². The molecule has 1 aliphatic heterocycles. The van der Waals surface area contributed by atoms with E-state index < -0.39 is 10.0 Å². The SMILES string of the molecule is Cc1cc(S(=O)(=O)N2CCN(C(=O)c3ccc(-n4ccnc4)nc3)CC2)c(C)s1. The molecule has 4 rings (SSSR count). The van der Waals surface area contributed by atoms with Crippen LogP contribution < -0.4 is 0 Å². The van der Waals surface area contributed by atoms with Gasteiger partial charge in [0, 0.05) is 54.5 Å². The minimum atomic E-state index is -3.53. The summed E-state index contributed by atoms with van der Waals surface area (Å²) in [6, 6.07) is 5.21. The van der Waals surface area contributed by atoms with Crippen molar-refractivity contribution < 1.29 is 13.2 Å². The summed E-state index contributed by atoms with van der Waals surface area (Å²) in [5.74, 6) is 0.533. The zero-order chi connectivity index (χ0) is 20.6. The fraction of sp³-hybridized carbons (Fsp3) is 0.316. The molecule has 0 aromatic carbocycles. The molecule has 0 unspecified atom stereocenters. The molecule has 10 heteroatoms. The maximum Gasteiger partial charge on any atom is 0.255 e. The first kappa shape index (κ1) is 19.7. The number of sulfonamides is 1. The number of carbonyl (C=O) groups is 1. The molecule has 4 heterocycles. The van der Waals surface area contributed by atoms with Crippen LogP contribution in [0.2, 0.25) is 0 Å². The predicted molar refractivity (Wildman–Crippen MR) is 110 cm³/mol. The number of hydrogen-bond donors (Lipinski definition) is 0. The molecular formula is C19H21N5O3S2. The Balaban J connectivity index is 1.43. The lowest BCUT2D eigenvalue weighted by atomic mass is 10.2. The standard InChI is InChI=1S/C19H21N5O3S2/c1-14-11-17(15(2)28-14)29(26,27)24-9-7-22(8-10-24)19(25)16-3-4-18(21-12-16)23-6-5-20-13-23/h3-6,11-13H,7-10H2,1-2H3. The highest BCUT2D eigenvalue weighted by molar-refractivity contribution is 7.89. The first-order chi connectivity index (χ1) is 13.9. The van der Waals surface area contributed by atoms with Crippen LogP contribution in [0, 0.1) is 13.8 Å². The van der Waals surface area contributed by atoms with Gasteiger partial charge < -0.3 is 4.90 Å². The average molecular weight is 432 g/mol. The number of pyridine rings is 1. The Morgan fingerprint density at radius 2 is 1.90 bits per heavy atom. The van der Waals surface area contributed by atoms with Gasteiger partial charge in [-0.25, -0.2) is 18.4 Å². The highest BCUT2D eigenvalue weighted by Gasteiger charge is 2.32. The Hall–Kier alpha value is -2.56. The minimum absolute atomic E-state index is 0.144. The van der Waals surface area contributed by atoms with Crippen LogP contribution in [0.5, 0.6) is 0 Å². The van der Waals surface area contributed by atoms with Crippen LogP contribution in [0.3, 0.4) is 0 Å². The molecule has 1 saturated heterocycles. The Bertz CT molecular complexity index is 1110. The lowest BCUT2D eigenvalue weighted by molar-refractivity contribution is 0.0697. The van der Waals surface area contributed by atoms with Crippen molar-refractivity contribution in [3.8, 4) is 5.82 Å². The van der Waals surface area contributed by atoms with E-state index in [4.69, 9.17) is 0 Å². The number of aryl methyl sites for hydroxylation is 2. The van der Waals surface area contributed by atoms with E-state index in [0.29, 0.717) is 29.4 Å². The molecule has 1 amide bonds. The average Bonchev–Trinajstić information content (AvgIpc) is 3.37. The van der Waals surface area contributed by atoms with Crippen molar-refractivity contribution in [2.75, 3.05) is 26.2 Å². The highest BCUT2D eigenvalue weighted by atomic mass is 32.2. The fourth-order valence-corrected chi connectivity index (χ4v) is 6.32. The molecule has 1 aliphatic rings. The van der Waals surface area contributed by atoms with E-state index in [9.17, 15) is 13.2 Å². The molecule has 0 bridgehead atoms. The summed E-state index contributed by atoms with van der Waals surface area (Å²) in [6.07, 6.45) is 6.62. The quantitative estimate of drug-likeness (QED) is 0.631. The molecule has 8 nitrogen and oxygen atoms in total. The number of rotatable bonds is 4. The summed E-state index contributed by atoms with van der Waals surface area (Å²) >= 11 is 1.48. The molecule has 29 heavy (non-hydrogen) atoms. The van der Waals surface area contributed by atoms with Crippen LogP contribution in [0.1, 0.15) is 20.1 Å². The molecule has 3 aromatic rings. The molecule has 1 fully saturated rings. The third-order valence-electron chi connectivity index (χ3n) is 4.90. The van der Waals surface area contributed by atoms with Gasteiger partial charge in [-0.15, -0.1) is 11.3 Å². The molecule has 0 atom stereocenters. The molecule has 0 saturated carbocycles. The molecular weight excluding hydrogens is 410 g/mol. The van der Waals surface area contributed by atoms with Crippen molar-refractivity contribution in [2.45, 2.75) is 18.7 Å². The van der Waals surface area contributed by atoms with E-state index in [1.807, 2.05) is 13.8 Å². The summed E-state index contributed by atoms with van der Waals surface area (Å²) in [5, 5.41) is 0. The Morgan fingerprint density at radius 3 is 2.45 bits per heavy atom. The smallest absolute Gasteiger partial charge is 0.255 e. The van der Waals surface area contributed by atoms with Gasteiger partial charge in [-0.3, -0.25) is 9.36 Å². The second kappa shape index (κ2) is 7.69. The molecule has 0 radical (unpaired) electrons. The van der Waals surface area contributed by atoms with Crippen molar-refractivity contribution in [3.05, 3.63) is 58.4 Å². The van der Waals surface area contributed by atoms with Gasteiger partial charge in [-0.05, 0) is 32.0 Å². The van der Waals surface area contributed by atoms with Gasteiger partial charge in [-0.2, -0.15) is 4.31 Å². The number of imidazole rings is 1. The van der Waals surface area contributed by atoms with Gasteiger partial charge in [0.1, 0.15) is 12.1 Å². The molecule has 152 valence electrons. The van der Waals surface area contributed by atoms with E-state index in [-0.39, 0.29) is 19.0 Å². The Labute approximate surface area is 173 Å². The van der Waals surface area contributed by atoms with Gasteiger partial charge in [0.2, 0.25) is 10.0 Å². The number of carbonyl (C=O) groups excluding carboxylic acids is 1. The first-order valence-corrected chi connectivity index (χ1v) is 11.4. The monoisotopic (exact) mass is 431 g/mol. The maximum absolute atomic E-state index is 12.9. The van der Waals surface area contributed by atoms with Crippen LogP contribution in [-0.2, 0) is 10.0 Å². The molecule has 3 aromatic heterocycles. The number of thiophene rings is 1. The third kappa shape index (κ3) is 3.83. The second-order valence-electron chi connectivity index (χ2n) is 6.85. The largest absolute Gasteiger partial charge is 0.336 e. The van der Waals surface area contributed by atoms with E-state index in [0.717, 1.165) is 9.75 Å². The number of piperazine rings is 1. The Morgan fingerprint density at radius 1 is 1.14 bits per heavy atom. The third-order valence-corrected chi connectivity index (χ3v) is 8.02. The van der Waals surface area contributed by atoms with Crippen molar-refractivity contribution in [3.63, 3.8) is 0 Å². The minimum Gasteiger partial charge on any atom is -0.336 e. The summed E-state index contributed by atoms with van der Waals surface area (Å²) < 4.78 is 29.1. The van der Waals surface area contributed by atoms with Gasteiger partial charge in [0.25, 0.3) is 5.91 Å². The van der Waals surface area contributed by atoms with Gasteiger partial charge >= 0.3 is 0 Å². The number of aromatic nitrogens is 3. The van der Waals surface area contributed by atoms with Gasteiger partial charge in [0.15, 0.2) is 0 Å². The normalized spacial score (nSPS) is 15.6. The predicted octanol–water partition coefficient (Wildman–Crippen LogP) is 2.09. The van der Waals surface area contributed by atoms with Crippen LogP contribution in [0.25, 0.3) is 5.82 Å². The Kier molecular flexibility index (Phi) is 5.24. The molecule has 0 spiro atoms. The summed E-state index contributed by atoms with van der Waals surface area (Å²) in [7, 11) is -3.53. The van der Waals surface area contributed by atoms with Gasteiger partial charge in [-0.1, -0.05) is 0 Å².